The molecule has 2 heterocycles. The molecular formula is C10H9N3O2S. The zero-order chi connectivity index (χ0) is 10.8. The highest BCUT2D eigenvalue weighted by atomic mass is 32.1. The van der Waals surface area contributed by atoms with Crippen molar-refractivity contribution in [2.24, 2.45) is 0 Å². The Kier molecular flexibility index (Phi) is 2.34. The van der Waals surface area contributed by atoms with Crippen LogP contribution in [0.2, 0.25) is 0 Å². The molecule has 5 nitrogen and oxygen atoms in total. The monoisotopic (exact) mass is 235 g/mol. The summed E-state index contributed by atoms with van der Waals surface area (Å²) in [5, 5.41) is 7.93. The first-order valence-electron chi connectivity index (χ1n) is 4.82. The first-order valence-corrected chi connectivity index (χ1v) is 5.59. The van der Waals surface area contributed by atoms with E-state index in [0.29, 0.717) is 13.3 Å². The molecule has 0 amide bonds. The Morgan fingerprint density at radius 1 is 1.38 bits per heavy atom. The van der Waals surface area contributed by atoms with E-state index < -0.39 is 0 Å². The summed E-state index contributed by atoms with van der Waals surface area (Å²) >= 11 is 1.33. The lowest BCUT2D eigenvalue weighted by Gasteiger charge is -2.06. The summed E-state index contributed by atoms with van der Waals surface area (Å²) in [6, 6.07) is 5.87. The van der Waals surface area contributed by atoms with Gasteiger partial charge in [-0.25, -0.2) is 0 Å². The highest BCUT2D eigenvalue weighted by molar-refractivity contribution is 7.09. The van der Waals surface area contributed by atoms with Gasteiger partial charge in [-0.05, 0) is 6.07 Å². The molecule has 1 aliphatic heterocycles. The highest BCUT2D eigenvalue weighted by Crippen LogP contribution is 2.35. The predicted octanol–water partition coefficient (Wildman–Crippen LogP) is 1.88. The van der Waals surface area contributed by atoms with E-state index in [0.717, 1.165) is 22.1 Å². The fraction of sp³-hybridized carbons (Fsp3) is 0.200. The lowest BCUT2D eigenvalue weighted by atomic mass is 10.2. The van der Waals surface area contributed by atoms with Crippen LogP contribution in [0.3, 0.4) is 0 Å². The minimum atomic E-state index is 0.300. The van der Waals surface area contributed by atoms with Crippen LogP contribution in [0.1, 0.15) is 5.56 Å². The van der Waals surface area contributed by atoms with Gasteiger partial charge in [0.1, 0.15) is 5.00 Å². The van der Waals surface area contributed by atoms with Gasteiger partial charge >= 0.3 is 0 Å². The molecule has 0 spiro atoms. The Morgan fingerprint density at radius 2 is 2.38 bits per heavy atom. The second kappa shape index (κ2) is 3.97. The summed E-state index contributed by atoms with van der Waals surface area (Å²) in [6.45, 7) is 0.977. The molecule has 0 bridgehead atoms. The molecule has 16 heavy (non-hydrogen) atoms. The fourth-order valence-electron chi connectivity index (χ4n) is 1.56. The van der Waals surface area contributed by atoms with Gasteiger partial charge in [-0.2, -0.15) is 0 Å². The molecule has 0 fully saturated rings. The molecule has 6 heteroatoms. The third-order valence-corrected chi connectivity index (χ3v) is 2.91. The number of para-hydroxylation sites is 1. The minimum absolute atomic E-state index is 0.300. The van der Waals surface area contributed by atoms with Crippen LogP contribution in [0.4, 0.5) is 5.00 Å². The lowest BCUT2D eigenvalue weighted by Crippen LogP contribution is -1.99. The van der Waals surface area contributed by atoms with Crippen LogP contribution in [0.25, 0.3) is 0 Å². The zero-order valence-electron chi connectivity index (χ0n) is 8.34. The van der Waals surface area contributed by atoms with Gasteiger partial charge in [-0.1, -0.05) is 16.6 Å². The van der Waals surface area contributed by atoms with Gasteiger partial charge in [-0.3, -0.25) is 0 Å². The van der Waals surface area contributed by atoms with Crippen molar-refractivity contribution in [2.75, 3.05) is 12.1 Å². The molecule has 1 aromatic carbocycles. The first-order chi connectivity index (χ1) is 7.93. The van der Waals surface area contributed by atoms with E-state index in [4.69, 9.17) is 9.47 Å². The molecule has 2 aromatic rings. The van der Waals surface area contributed by atoms with Crippen LogP contribution in [0, 0.1) is 0 Å². The maximum Gasteiger partial charge on any atom is 0.231 e. The molecule has 3 rings (SSSR count). The Hall–Kier alpha value is -1.82. The molecule has 1 aromatic heterocycles. The first kappa shape index (κ1) is 9.41. The van der Waals surface area contributed by atoms with Crippen molar-refractivity contribution < 1.29 is 9.47 Å². The average Bonchev–Trinajstić information content (AvgIpc) is 2.97. The molecule has 0 aliphatic carbocycles. The molecule has 0 atom stereocenters. The molecular weight excluding hydrogens is 226 g/mol. The van der Waals surface area contributed by atoms with Crippen LogP contribution < -0.4 is 14.8 Å². The van der Waals surface area contributed by atoms with E-state index in [2.05, 4.69) is 14.9 Å². The van der Waals surface area contributed by atoms with Crippen molar-refractivity contribution >= 4 is 16.5 Å². The number of hydrogen-bond donors (Lipinski definition) is 1. The molecule has 0 unspecified atom stereocenters. The van der Waals surface area contributed by atoms with Gasteiger partial charge in [0.05, 0.1) is 6.20 Å². The summed E-state index contributed by atoms with van der Waals surface area (Å²) in [4.78, 5) is 0. The van der Waals surface area contributed by atoms with Crippen LogP contribution >= 0.6 is 11.5 Å². The maximum atomic E-state index is 5.41. The molecule has 82 valence electrons. The summed E-state index contributed by atoms with van der Waals surface area (Å²) < 4.78 is 14.5. The van der Waals surface area contributed by atoms with E-state index >= 15 is 0 Å². The van der Waals surface area contributed by atoms with Crippen molar-refractivity contribution in [3.63, 3.8) is 0 Å². The Labute approximate surface area is 96.2 Å². The number of hydrogen-bond acceptors (Lipinski definition) is 6. The van der Waals surface area contributed by atoms with Crippen molar-refractivity contribution in [3.8, 4) is 11.5 Å². The fourth-order valence-corrected chi connectivity index (χ4v) is 1.97. The number of fused-ring (bicyclic) bond motifs is 1. The summed E-state index contributed by atoms with van der Waals surface area (Å²) in [7, 11) is 0. The van der Waals surface area contributed by atoms with Gasteiger partial charge in [0.15, 0.2) is 11.5 Å². The predicted molar refractivity (Wildman–Crippen MR) is 59.8 cm³/mol. The normalized spacial score (nSPS) is 12.8. The lowest BCUT2D eigenvalue weighted by molar-refractivity contribution is 0.173. The standard InChI is InChI=1S/C10H9N3O2S/c1-2-7(4-11-9-5-12-13-16-9)10-8(3-1)14-6-15-10/h1-3,5,11H,4,6H2. The maximum absolute atomic E-state index is 5.41. The van der Waals surface area contributed by atoms with Gasteiger partial charge in [0.2, 0.25) is 6.79 Å². The van der Waals surface area contributed by atoms with Crippen molar-refractivity contribution in [3.05, 3.63) is 30.0 Å². The molecule has 1 aliphatic rings. The topological polar surface area (TPSA) is 56.3 Å². The number of benzene rings is 1. The van der Waals surface area contributed by atoms with Gasteiger partial charge in [0, 0.05) is 23.6 Å². The minimum Gasteiger partial charge on any atom is -0.454 e. The molecule has 0 saturated carbocycles. The number of nitrogens with zero attached hydrogens (tertiary/aromatic N) is 2. The quantitative estimate of drug-likeness (QED) is 0.880. The SMILES string of the molecule is c1cc(CNc2cnns2)c2c(c1)OCO2. The van der Waals surface area contributed by atoms with E-state index in [-0.39, 0.29) is 0 Å². The summed E-state index contributed by atoms with van der Waals surface area (Å²) in [6.07, 6.45) is 1.70. The van der Waals surface area contributed by atoms with E-state index in [1.54, 1.807) is 6.20 Å². The second-order valence-corrected chi connectivity index (χ2v) is 4.07. The Morgan fingerprint density at radius 3 is 3.25 bits per heavy atom. The van der Waals surface area contributed by atoms with E-state index in [1.165, 1.54) is 11.5 Å². The van der Waals surface area contributed by atoms with E-state index in [1.807, 2.05) is 18.2 Å². The van der Waals surface area contributed by atoms with Gasteiger partial charge in [-0.15, -0.1) is 5.10 Å². The second-order valence-electron chi connectivity index (χ2n) is 3.29. The summed E-state index contributed by atoms with van der Waals surface area (Å²) in [5.41, 5.74) is 1.07. The largest absolute Gasteiger partial charge is 0.454 e. The number of rotatable bonds is 3. The summed E-state index contributed by atoms with van der Waals surface area (Å²) in [5.74, 6) is 1.63. The molecule has 1 N–H and O–H groups in total. The molecule has 0 saturated heterocycles. The van der Waals surface area contributed by atoms with Crippen molar-refractivity contribution in [1.82, 2.24) is 9.59 Å². The van der Waals surface area contributed by atoms with Crippen LogP contribution in [-0.4, -0.2) is 16.4 Å². The van der Waals surface area contributed by atoms with Gasteiger partial charge in [0.25, 0.3) is 0 Å². The van der Waals surface area contributed by atoms with E-state index in [9.17, 15) is 0 Å². The Balaban J connectivity index is 1.78. The highest BCUT2D eigenvalue weighted by Gasteiger charge is 2.16. The number of ether oxygens (including phenoxy) is 2. The van der Waals surface area contributed by atoms with Crippen LogP contribution in [0.15, 0.2) is 24.4 Å². The molecule has 0 radical (unpaired) electrons. The zero-order valence-corrected chi connectivity index (χ0v) is 9.16. The number of aromatic nitrogens is 2. The number of anilines is 1. The van der Waals surface area contributed by atoms with Crippen molar-refractivity contribution in [2.45, 2.75) is 6.54 Å². The third-order valence-electron chi connectivity index (χ3n) is 2.29. The van der Waals surface area contributed by atoms with Crippen LogP contribution in [0.5, 0.6) is 11.5 Å². The van der Waals surface area contributed by atoms with Crippen molar-refractivity contribution in [1.29, 1.82) is 0 Å². The van der Waals surface area contributed by atoms with Crippen LogP contribution in [-0.2, 0) is 6.54 Å². The number of nitrogens with one attached hydrogen (secondary N) is 1. The third kappa shape index (κ3) is 1.67. The smallest absolute Gasteiger partial charge is 0.231 e. The average molecular weight is 235 g/mol. The van der Waals surface area contributed by atoms with Gasteiger partial charge < -0.3 is 14.8 Å². The Bertz CT molecular complexity index is 487.